The predicted molar refractivity (Wildman–Crippen MR) is 133 cm³/mol. The van der Waals surface area contributed by atoms with E-state index in [1.807, 2.05) is 6.92 Å². The Balaban J connectivity index is 3.18. The van der Waals surface area contributed by atoms with E-state index in [2.05, 4.69) is 17.6 Å². The Labute approximate surface area is 198 Å². The van der Waals surface area contributed by atoms with Crippen LogP contribution in [0, 0.1) is 0 Å². The topological polar surface area (TPSA) is 76.7 Å². The van der Waals surface area contributed by atoms with Gasteiger partial charge in [0.05, 0.1) is 19.8 Å². The van der Waals surface area contributed by atoms with Gasteiger partial charge in [-0.1, -0.05) is 96.8 Å². The van der Waals surface area contributed by atoms with Gasteiger partial charge in [-0.05, 0) is 13.3 Å². The highest BCUT2D eigenvalue weighted by molar-refractivity contribution is 5.77. The highest BCUT2D eigenvalue weighted by Crippen LogP contribution is 2.13. The van der Waals surface area contributed by atoms with Crippen LogP contribution in [0.4, 0.5) is 0 Å². The third kappa shape index (κ3) is 25.1. The smallest absolute Gasteiger partial charge is 0.245 e. The lowest BCUT2D eigenvalue weighted by molar-refractivity contribution is -0.126. The summed E-state index contributed by atoms with van der Waals surface area (Å²) in [6, 6.07) is 0. The Bertz CT molecular complexity index is 419. The number of carbonyl (C=O) groups excluding carboxylic acids is 2. The summed E-state index contributed by atoms with van der Waals surface area (Å²) in [5.74, 6) is -0.00523. The third-order valence-electron chi connectivity index (χ3n) is 5.56. The van der Waals surface area contributed by atoms with E-state index in [4.69, 9.17) is 9.47 Å². The van der Waals surface area contributed by atoms with E-state index in [1.165, 1.54) is 83.5 Å². The zero-order valence-corrected chi connectivity index (χ0v) is 21.2. The first-order chi connectivity index (χ1) is 15.7. The number of carbonyl (C=O) groups is 2. The van der Waals surface area contributed by atoms with Crippen molar-refractivity contribution in [3.8, 4) is 0 Å². The molecule has 0 bridgehead atoms. The van der Waals surface area contributed by atoms with E-state index >= 15 is 0 Å². The quantitative estimate of drug-likeness (QED) is 0.177. The molecule has 0 aromatic heterocycles. The molecule has 2 amide bonds. The average molecular weight is 457 g/mol. The summed E-state index contributed by atoms with van der Waals surface area (Å²) in [6.45, 7) is 6.61. The molecular formula is C26H52N2O4. The molecule has 0 aromatic rings. The van der Waals surface area contributed by atoms with Crippen LogP contribution in [0.25, 0.3) is 0 Å². The van der Waals surface area contributed by atoms with E-state index in [-0.39, 0.29) is 18.4 Å². The summed E-state index contributed by atoms with van der Waals surface area (Å²) in [6.07, 6.45) is 20.6. The van der Waals surface area contributed by atoms with Crippen molar-refractivity contribution in [1.29, 1.82) is 0 Å². The molecule has 6 nitrogen and oxygen atoms in total. The molecule has 6 heteroatoms. The Kier molecular flexibility index (Phi) is 25.2. The van der Waals surface area contributed by atoms with Gasteiger partial charge in [0.15, 0.2) is 0 Å². The Morgan fingerprint density at radius 1 is 0.562 bits per heavy atom. The number of amides is 2. The van der Waals surface area contributed by atoms with Gasteiger partial charge in [-0.25, -0.2) is 0 Å². The summed E-state index contributed by atoms with van der Waals surface area (Å²) < 4.78 is 10.6. The molecule has 0 aliphatic carbocycles. The molecule has 32 heavy (non-hydrogen) atoms. The normalized spacial score (nSPS) is 10.9. The fourth-order valence-electron chi connectivity index (χ4n) is 3.64. The van der Waals surface area contributed by atoms with Crippen molar-refractivity contribution < 1.29 is 19.1 Å². The van der Waals surface area contributed by atoms with Crippen molar-refractivity contribution in [3.05, 3.63) is 0 Å². The van der Waals surface area contributed by atoms with E-state index < -0.39 is 0 Å². The lowest BCUT2D eigenvalue weighted by Crippen LogP contribution is -2.28. The summed E-state index contributed by atoms with van der Waals surface area (Å²) in [4.78, 5) is 23.0. The standard InChI is InChI=1S/C26H52N2O4/c1-3-5-6-7-8-9-10-11-12-13-14-15-16-17-18-19-25(29)28-20-21-31-22-23-32-24-26(30)27-4-2/h3-24H2,1-2H3,(H,27,30)(H,28,29). The highest BCUT2D eigenvalue weighted by Gasteiger charge is 2.01. The van der Waals surface area contributed by atoms with Gasteiger partial charge in [-0.3, -0.25) is 9.59 Å². The minimum atomic E-state index is -0.112. The van der Waals surface area contributed by atoms with Crippen molar-refractivity contribution in [2.24, 2.45) is 0 Å². The van der Waals surface area contributed by atoms with Gasteiger partial charge in [0.2, 0.25) is 11.8 Å². The largest absolute Gasteiger partial charge is 0.377 e. The number of hydrogen-bond acceptors (Lipinski definition) is 4. The molecule has 0 aromatic carbocycles. The summed E-state index contributed by atoms with van der Waals surface area (Å²) in [5, 5.41) is 5.55. The summed E-state index contributed by atoms with van der Waals surface area (Å²) >= 11 is 0. The number of nitrogens with one attached hydrogen (secondary N) is 2. The molecular weight excluding hydrogens is 404 g/mol. The molecule has 0 aliphatic heterocycles. The third-order valence-corrected chi connectivity index (χ3v) is 5.56. The molecule has 0 spiro atoms. The Hall–Kier alpha value is -1.14. The minimum absolute atomic E-state index is 0.0627. The first-order valence-corrected chi connectivity index (χ1v) is 13.4. The van der Waals surface area contributed by atoms with Crippen LogP contribution in [0.3, 0.4) is 0 Å². The summed E-state index contributed by atoms with van der Waals surface area (Å²) in [5.41, 5.74) is 0. The average Bonchev–Trinajstić information content (AvgIpc) is 2.78. The molecule has 0 unspecified atom stereocenters. The Morgan fingerprint density at radius 2 is 1.06 bits per heavy atom. The van der Waals surface area contributed by atoms with Gasteiger partial charge in [0, 0.05) is 19.5 Å². The van der Waals surface area contributed by atoms with Crippen LogP contribution < -0.4 is 10.6 Å². The van der Waals surface area contributed by atoms with Crippen molar-refractivity contribution in [2.75, 3.05) is 39.5 Å². The van der Waals surface area contributed by atoms with Gasteiger partial charge in [0.25, 0.3) is 0 Å². The number of hydrogen-bond donors (Lipinski definition) is 2. The maximum absolute atomic E-state index is 11.8. The van der Waals surface area contributed by atoms with E-state index in [9.17, 15) is 9.59 Å². The summed E-state index contributed by atoms with van der Waals surface area (Å²) in [7, 11) is 0. The van der Waals surface area contributed by atoms with E-state index in [0.29, 0.717) is 39.3 Å². The lowest BCUT2D eigenvalue weighted by atomic mass is 10.0. The molecule has 0 saturated carbocycles. The lowest BCUT2D eigenvalue weighted by Gasteiger charge is -2.07. The zero-order chi connectivity index (χ0) is 23.5. The van der Waals surface area contributed by atoms with E-state index in [0.717, 1.165) is 12.8 Å². The monoisotopic (exact) mass is 456 g/mol. The molecule has 0 aliphatic rings. The van der Waals surface area contributed by atoms with Gasteiger partial charge in [-0.2, -0.15) is 0 Å². The van der Waals surface area contributed by atoms with Crippen LogP contribution in [0.15, 0.2) is 0 Å². The Morgan fingerprint density at radius 3 is 1.59 bits per heavy atom. The van der Waals surface area contributed by atoms with Crippen LogP contribution in [0.1, 0.15) is 117 Å². The SMILES string of the molecule is CCCCCCCCCCCCCCCCCC(=O)NCCOCCOCC(=O)NCC. The molecule has 190 valence electrons. The van der Waals surface area contributed by atoms with Crippen LogP contribution >= 0.6 is 0 Å². The number of likely N-dealkylation sites (N-methyl/N-ethyl adjacent to an activating group) is 1. The predicted octanol–water partition coefficient (Wildman–Crippen LogP) is 5.53. The van der Waals surface area contributed by atoms with Crippen LogP contribution in [-0.2, 0) is 19.1 Å². The molecule has 0 rings (SSSR count). The second kappa shape index (κ2) is 26.1. The second-order valence-electron chi connectivity index (χ2n) is 8.67. The molecule has 0 saturated heterocycles. The molecule has 0 radical (unpaired) electrons. The van der Waals surface area contributed by atoms with Crippen LogP contribution in [-0.4, -0.2) is 51.3 Å². The van der Waals surface area contributed by atoms with Gasteiger partial charge in [-0.15, -0.1) is 0 Å². The minimum Gasteiger partial charge on any atom is -0.377 e. The molecule has 0 fully saturated rings. The number of ether oxygens (including phenoxy) is 2. The highest BCUT2D eigenvalue weighted by atomic mass is 16.5. The van der Waals surface area contributed by atoms with Crippen LogP contribution in [0.5, 0.6) is 0 Å². The first-order valence-electron chi connectivity index (χ1n) is 13.4. The fourth-order valence-corrected chi connectivity index (χ4v) is 3.64. The van der Waals surface area contributed by atoms with Crippen molar-refractivity contribution in [3.63, 3.8) is 0 Å². The van der Waals surface area contributed by atoms with Gasteiger partial charge in [0.1, 0.15) is 6.61 Å². The van der Waals surface area contributed by atoms with Crippen molar-refractivity contribution in [2.45, 2.75) is 117 Å². The maximum Gasteiger partial charge on any atom is 0.245 e. The second-order valence-corrected chi connectivity index (χ2v) is 8.67. The van der Waals surface area contributed by atoms with Gasteiger partial charge < -0.3 is 20.1 Å². The number of unbranched alkanes of at least 4 members (excludes halogenated alkanes) is 14. The maximum atomic E-state index is 11.8. The zero-order valence-electron chi connectivity index (χ0n) is 21.2. The fraction of sp³-hybridized carbons (Fsp3) is 0.923. The molecule has 0 heterocycles. The first kappa shape index (κ1) is 30.9. The van der Waals surface area contributed by atoms with Gasteiger partial charge >= 0.3 is 0 Å². The number of rotatable bonds is 25. The van der Waals surface area contributed by atoms with Crippen molar-refractivity contribution >= 4 is 11.8 Å². The van der Waals surface area contributed by atoms with Crippen LogP contribution in [0.2, 0.25) is 0 Å². The molecule has 2 N–H and O–H groups in total. The van der Waals surface area contributed by atoms with Crippen molar-refractivity contribution in [1.82, 2.24) is 10.6 Å². The molecule has 0 atom stereocenters. The van der Waals surface area contributed by atoms with E-state index in [1.54, 1.807) is 0 Å².